The summed E-state index contributed by atoms with van der Waals surface area (Å²) in [6.07, 6.45) is 5.10. The highest BCUT2D eigenvalue weighted by Gasteiger charge is 2.18. The van der Waals surface area contributed by atoms with Crippen molar-refractivity contribution in [3.63, 3.8) is 0 Å². The van der Waals surface area contributed by atoms with Gasteiger partial charge < -0.3 is 19.6 Å². The summed E-state index contributed by atoms with van der Waals surface area (Å²) < 4.78 is 7.23. The van der Waals surface area contributed by atoms with Crippen LogP contribution in [0.3, 0.4) is 0 Å². The fourth-order valence-corrected chi connectivity index (χ4v) is 2.90. The van der Waals surface area contributed by atoms with Gasteiger partial charge in [-0.2, -0.15) is 0 Å². The van der Waals surface area contributed by atoms with Gasteiger partial charge in [0.25, 0.3) is 11.8 Å². The molecule has 1 aromatic carbocycles. The predicted molar refractivity (Wildman–Crippen MR) is 105 cm³/mol. The number of carbonyl (C=O) groups excluding carboxylic acids is 2. The van der Waals surface area contributed by atoms with E-state index in [0.717, 1.165) is 23.0 Å². The third-order valence-corrected chi connectivity index (χ3v) is 4.12. The van der Waals surface area contributed by atoms with Crippen molar-refractivity contribution in [3.8, 4) is 0 Å². The summed E-state index contributed by atoms with van der Waals surface area (Å²) in [5, 5.41) is 6.51. The van der Waals surface area contributed by atoms with E-state index in [9.17, 15) is 9.59 Å². The van der Waals surface area contributed by atoms with Crippen LogP contribution in [0.25, 0.3) is 17.0 Å². The topological polar surface area (TPSA) is 76.3 Å². The number of aryl methyl sites for hydroxylation is 1. The minimum atomic E-state index is -0.468. The number of furan rings is 1. The maximum absolute atomic E-state index is 12.6. The Labute approximate surface area is 157 Å². The zero-order valence-electron chi connectivity index (χ0n) is 15.7. The van der Waals surface area contributed by atoms with Crippen LogP contribution < -0.4 is 10.6 Å². The third-order valence-electron chi connectivity index (χ3n) is 4.12. The molecule has 0 unspecified atom stereocenters. The summed E-state index contributed by atoms with van der Waals surface area (Å²) in [7, 11) is 0. The highest BCUT2D eigenvalue weighted by Crippen LogP contribution is 2.23. The number of hydrogen-bond donors (Lipinski definition) is 2. The van der Waals surface area contributed by atoms with E-state index < -0.39 is 5.91 Å². The van der Waals surface area contributed by atoms with Crippen molar-refractivity contribution in [2.75, 3.05) is 0 Å². The van der Waals surface area contributed by atoms with Gasteiger partial charge in [-0.05, 0) is 45.0 Å². The Morgan fingerprint density at radius 2 is 1.96 bits per heavy atom. The molecule has 0 saturated heterocycles. The molecule has 0 aliphatic carbocycles. The average Bonchev–Trinajstić information content (AvgIpc) is 3.29. The zero-order valence-corrected chi connectivity index (χ0v) is 15.7. The van der Waals surface area contributed by atoms with E-state index in [4.69, 9.17) is 4.42 Å². The van der Waals surface area contributed by atoms with Crippen molar-refractivity contribution in [2.24, 2.45) is 0 Å². The Kier molecular flexibility index (Phi) is 5.45. The Morgan fingerprint density at radius 1 is 1.19 bits per heavy atom. The van der Waals surface area contributed by atoms with Crippen LogP contribution in [0.15, 0.2) is 59.0 Å². The lowest BCUT2D eigenvalue weighted by Crippen LogP contribution is -2.38. The molecule has 0 aliphatic rings. The second-order valence-corrected chi connectivity index (χ2v) is 6.51. The first-order valence-corrected chi connectivity index (χ1v) is 8.95. The lowest BCUT2D eigenvalue weighted by atomic mass is 10.1. The lowest BCUT2D eigenvalue weighted by Gasteiger charge is -2.12. The largest absolute Gasteiger partial charge is 0.459 e. The molecule has 0 spiro atoms. The number of hydrogen-bond acceptors (Lipinski definition) is 3. The van der Waals surface area contributed by atoms with Crippen LogP contribution in [-0.4, -0.2) is 22.4 Å². The van der Waals surface area contributed by atoms with Crippen molar-refractivity contribution in [3.05, 3.63) is 65.9 Å². The molecule has 2 amide bonds. The highest BCUT2D eigenvalue weighted by molar-refractivity contribution is 6.06. The number of fused-ring (bicyclic) bond motifs is 1. The number of nitrogens with zero attached hydrogens (tertiary/aromatic N) is 1. The number of nitrogens with one attached hydrogen (secondary N) is 2. The van der Waals surface area contributed by atoms with E-state index in [2.05, 4.69) is 22.1 Å². The smallest absolute Gasteiger partial charge is 0.291 e. The van der Waals surface area contributed by atoms with Gasteiger partial charge in [-0.3, -0.25) is 9.59 Å². The highest BCUT2D eigenvalue weighted by atomic mass is 16.3. The summed E-state index contributed by atoms with van der Waals surface area (Å²) in [4.78, 5) is 25.0. The number of amides is 2. The molecular formula is C21H23N3O3. The molecule has 2 heterocycles. The van der Waals surface area contributed by atoms with E-state index in [1.807, 2.05) is 44.3 Å². The van der Waals surface area contributed by atoms with E-state index in [-0.39, 0.29) is 23.4 Å². The molecular weight excluding hydrogens is 342 g/mol. The van der Waals surface area contributed by atoms with Gasteiger partial charge in [0, 0.05) is 35.2 Å². The molecule has 0 fully saturated rings. The van der Waals surface area contributed by atoms with Crippen LogP contribution in [0.5, 0.6) is 0 Å². The Morgan fingerprint density at radius 3 is 2.63 bits per heavy atom. The van der Waals surface area contributed by atoms with Crippen LogP contribution in [0.4, 0.5) is 0 Å². The van der Waals surface area contributed by atoms with Gasteiger partial charge in [0.15, 0.2) is 5.76 Å². The fourth-order valence-electron chi connectivity index (χ4n) is 2.90. The van der Waals surface area contributed by atoms with E-state index in [1.165, 1.54) is 6.26 Å². The van der Waals surface area contributed by atoms with Crippen LogP contribution in [-0.2, 0) is 11.3 Å². The van der Waals surface area contributed by atoms with Crippen LogP contribution in [0, 0.1) is 0 Å². The second-order valence-electron chi connectivity index (χ2n) is 6.51. The maximum Gasteiger partial charge on any atom is 0.291 e. The van der Waals surface area contributed by atoms with Gasteiger partial charge in [-0.25, -0.2) is 0 Å². The predicted octanol–water partition coefficient (Wildman–Crippen LogP) is 3.55. The summed E-state index contributed by atoms with van der Waals surface area (Å²) in [6, 6.07) is 11.1. The third kappa shape index (κ3) is 4.11. The molecule has 6 heteroatoms. The fraction of sp³-hybridized carbons (Fsp3) is 0.238. The van der Waals surface area contributed by atoms with Crippen LogP contribution in [0.1, 0.15) is 36.9 Å². The van der Waals surface area contributed by atoms with E-state index >= 15 is 0 Å². The van der Waals surface area contributed by atoms with Gasteiger partial charge in [-0.15, -0.1) is 0 Å². The zero-order chi connectivity index (χ0) is 19.4. The summed E-state index contributed by atoms with van der Waals surface area (Å²) in [6.45, 7) is 6.60. The normalized spacial score (nSPS) is 11.8. The molecule has 6 nitrogen and oxygen atoms in total. The molecule has 3 aromatic rings. The van der Waals surface area contributed by atoms with Gasteiger partial charge >= 0.3 is 0 Å². The monoisotopic (exact) mass is 365 g/mol. The molecule has 140 valence electrons. The van der Waals surface area contributed by atoms with Crippen molar-refractivity contribution in [1.82, 2.24) is 15.2 Å². The molecule has 0 radical (unpaired) electrons. The Balaban J connectivity index is 2.02. The Hall–Kier alpha value is -3.28. The minimum Gasteiger partial charge on any atom is -0.459 e. The van der Waals surface area contributed by atoms with E-state index in [0.29, 0.717) is 0 Å². The molecule has 0 aliphatic heterocycles. The number of benzene rings is 1. The standard InChI is InChI=1S/C21H23N3O3/c1-4-24-13-15(16-8-5-6-9-18(16)24)12-17(20(25)22-14(2)3)23-21(26)19-10-7-11-27-19/h5-14H,4H2,1-3H3,(H,22,25)(H,23,26). The lowest BCUT2D eigenvalue weighted by molar-refractivity contribution is -0.118. The minimum absolute atomic E-state index is 0.0570. The quantitative estimate of drug-likeness (QED) is 0.656. The first-order chi connectivity index (χ1) is 13.0. The number of carbonyl (C=O) groups is 2. The van der Waals surface area contributed by atoms with Gasteiger partial charge in [0.05, 0.1) is 6.26 Å². The average molecular weight is 365 g/mol. The molecule has 2 aromatic heterocycles. The van der Waals surface area contributed by atoms with Gasteiger partial charge in [0.1, 0.15) is 5.70 Å². The van der Waals surface area contributed by atoms with Gasteiger partial charge in [-0.1, -0.05) is 18.2 Å². The molecule has 3 rings (SSSR count). The number of para-hydroxylation sites is 1. The summed E-state index contributed by atoms with van der Waals surface area (Å²) in [5.41, 5.74) is 2.11. The van der Waals surface area contributed by atoms with Gasteiger partial charge in [0.2, 0.25) is 0 Å². The Bertz CT molecular complexity index is 981. The first kappa shape index (κ1) is 18.5. The second kappa shape index (κ2) is 7.95. The molecule has 0 bridgehead atoms. The molecule has 2 N–H and O–H groups in total. The van der Waals surface area contributed by atoms with E-state index in [1.54, 1.807) is 18.2 Å². The molecule has 27 heavy (non-hydrogen) atoms. The molecule has 0 saturated carbocycles. The number of aromatic nitrogens is 1. The summed E-state index contributed by atoms with van der Waals surface area (Å²) in [5.74, 6) is -0.670. The van der Waals surface area contributed by atoms with Crippen molar-refractivity contribution in [1.29, 1.82) is 0 Å². The van der Waals surface area contributed by atoms with Crippen LogP contribution >= 0.6 is 0 Å². The molecule has 0 atom stereocenters. The SMILES string of the molecule is CCn1cc(C=C(NC(=O)c2ccco2)C(=O)NC(C)C)c2ccccc21. The summed E-state index contributed by atoms with van der Waals surface area (Å²) >= 11 is 0. The first-order valence-electron chi connectivity index (χ1n) is 8.95. The van der Waals surface area contributed by atoms with Crippen LogP contribution in [0.2, 0.25) is 0 Å². The number of rotatable bonds is 6. The van der Waals surface area contributed by atoms with Crippen molar-refractivity contribution >= 4 is 28.8 Å². The maximum atomic E-state index is 12.6. The van der Waals surface area contributed by atoms with Crippen molar-refractivity contribution in [2.45, 2.75) is 33.4 Å². The van der Waals surface area contributed by atoms with Crippen molar-refractivity contribution < 1.29 is 14.0 Å².